The molecular formula is C24H24F3N3O2. The molecule has 2 amide bonds. The normalized spacial score (nSPS) is 11.3. The summed E-state index contributed by atoms with van der Waals surface area (Å²) in [6, 6.07) is 18.2. The number of amides is 2. The van der Waals surface area contributed by atoms with Crippen molar-refractivity contribution in [3.8, 4) is 17.0 Å². The van der Waals surface area contributed by atoms with Crippen LogP contribution in [0.1, 0.15) is 25.1 Å². The molecule has 0 aliphatic rings. The number of benzene rings is 2. The van der Waals surface area contributed by atoms with E-state index in [0.29, 0.717) is 12.2 Å². The molecule has 0 atom stereocenters. The molecule has 0 aliphatic carbocycles. The van der Waals surface area contributed by atoms with Crippen LogP contribution in [0.2, 0.25) is 0 Å². The van der Waals surface area contributed by atoms with E-state index in [1.165, 1.54) is 12.1 Å². The number of halogens is 3. The summed E-state index contributed by atoms with van der Waals surface area (Å²) in [5, 5.41) is 2.73. The lowest BCUT2D eigenvalue weighted by molar-refractivity contribution is -0.274. The summed E-state index contributed by atoms with van der Waals surface area (Å²) < 4.78 is 40.8. The van der Waals surface area contributed by atoms with Gasteiger partial charge in [0.2, 0.25) is 0 Å². The standard InChI is InChI=1S/C24H24F3N3O2/c1-16(2)30(23(31)29-20-10-12-21(13-11-20)32-24(25,26)27)15-18-7-5-8-19(14-18)22-9-4-6-17(3)28-22/h4-14,16H,15H2,1-3H3,(H,29,31). The fraction of sp³-hybridized carbons (Fsp3) is 0.250. The lowest BCUT2D eigenvalue weighted by Crippen LogP contribution is -2.39. The van der Waals surface area contributed by atoms with Crippen LogP contribution in [0.4, 0.5) is 23.7 Å². The summed E-state index contributed by atoms with van der Waals surface area (Å²) in [5.41, 5.74) is 4.03. The maximum absolute atomic E-state index is 12.9. The van der Waals surface area contributed by atoms with Crippen LogP contribution in [0.3, 0.4) is 0 Å². The molecule has 168 valence electrons. The highest BCUT2D eigenvalue weighted by Crippen LogP contribution is 2.25. The number of pyridine rings is 1. The first-order valence-electron chi connectivity index (χ1n) is 10.1. The highest BCUT2D eigenvalue weighted by atomic mass is 19.4. The van der Waals surface area contributed by atoms with E-state index < -0.39 is 6.36 Å². The van der Waals surface area contributed by atoms with Crippen molar-refractivity contribution in [1.29, 1.82) is 0 Å². The SMILES string of the molecule is Cc1cccc(-c2cccc(CN(C(=O)Nc3ccc(OC(F)(F)F)cc3)C(C)C)c2)n1. The van der Waals surface area contributed by atoms with Gasteiger partial charge in [-0.15, -0.1) is 13.2 Å². The quantitative estimate of drug-likeness (QED) is 0.480. The van der Waals surface area contributed by atoms with E-state index in [2.05, 4.69) is 15.0 Å². The molecule has 3 aromatic rings. The smallest absolute Gasteiger partial charge is 0.406 e. The molecule has 0 fully saturated rings. The van der Waals surface area contributed by atoms with Crippen molar-refractivity contribution in [1.82, 2.24) is 9.88 Å². The first kappa shape index (κ1) is 23.1. The molecule has 0 bridgehead atoms. The zero-order valence-corrected chi connectivity index (χ0v) is 18.0. The van der Waals surface area contributed by atoms with Crippen LogP contribution < -0.4 is 10.1 Å². The van der Waals surface area contributed by atoms with Crippen molar-refractivity contribution < 1.29 is 22.7 Å². The molecule has 5 nitrogen and oxygen atoms in total. The largest absolute Gasteiger partial charge is 0.573 e. The average molecular weight is 443 g/mol. The average Bonchev–Trinajstić information content (AvgIpc) is 2.72. The second kappa shape index (κ2) is 9.72. The number of urea groups is 1. The van der Waals surface area contributed by atoms with Crippen LogP contribution in [0.15, 0.2) is 66.7 Å². The molecule has 32 heavy (non-hydrogen) atoms. The third kappa shape index (κ3) is 6.47. The van der Waals surface area contributed by atoms with Gasteiger partial charge in [0.05, 0.1) is 5.69 Å². The van der Waals surface area contributed by atoms with Gasteiger partial charge < -0.3 is 15.0 Å². The number of nitrogens with one attached hydrogen (secondary N) is 1. The number of hydrogen-bond acceptors (Lipinski definition) is 3. The molecule has 1 N–H and O–H groups in total. The van der Waals surface area contributed by atoms with Crippen LogP contribution in [-0.2, 0) is 6.54 Å². The van der Waals surface area contributed by atoms with Crippen molar-refractivity contribution in [3.05, 3.63) is 78.0 Å². The van der Waals surface area contributed by atoms with Gasteiger partial charge in [-0.2, -0.15) is 0 Å². The third-order valence-electron chi connectivity index (χ3n) is 4.69. The number of carbonyl (C=O) groups excluding carboxylic acids is 1. The van der Waals surface area contributed by atoms with Crippen molar-refractivity contribution in [2.75, 3.05) is 5.32 Å². The predicted octanol–water partition coefficient (Wildman–Crippen LogP) is 6.40. The minimum Gasteiger partial charge on any atom is -0.406 e. The molecule has 0 saturated heterocycles. The van der Waals surface area contributed by atoms with E-state index >= 15 is 0 Å². The maximum atomic E-state index is 12.9. The summed E-state index contributed by atoms with van der Waals surface area (Å²) in [5.74, 6) is -0.349. The lowest BCUT2D eigenvalue weighted by atomic mass is 10.1. The fourth-order valence-electron chi connectivity index (χ4n) is 3.15. The highest BCUT2D eigenvalue weighted by molar-refractivity contribution is 5.89. The molecule has 8 heteroatoms. The Morgan fingerprint density at radius 2 is 1.75 bits per heavy atom. The Labute approximate surface area is 184 Å². The number of hydrogen-bond donors (Lipinski definition) is 1. The molecule has 1 heterocycles. The van der Waals surface area contributed by atoms with E-state index in [0.717, 1.165) is 34.6 Å². The van der Waals surface area contributed by atoms with E-state index in [1.54, 1.807) is 4.90 Å². The van der Waals surface area contributed by atoms with Crippen LogP contribution >= 0.6 is 0 Å². The number of rotatable bonds is 6. The fourth-order valence-corrected chi connectivity index (χ4v) is 3.15. The van der Waals surface area contributed by atoms with Gasteiger partial charge in [-0.25, -0.2) is 4.79 Å². The Balaban J connectivity index is 1.72. The number of nitrogens with zero attached hydrogens (tertiary/aromatic N) is 2. The Morgan fingerprint density at radius 3 is 2.38 bits per heavy atom. The Kier molecular flexibility index (Phi) is 7.02. The number of alkyl halides is 3. The van der Waals surface area contributed by atoms with E-state index in [1.807, 2.05) is 63.2 Å². The summed E-state index contributed by atoms with van der Waals surface area (Å²) in [7, 11) is 0. The van der Waals surface area contributed by atoms with Crippen molar-refractivity contribution in [3.63, 3.8) is 0 Å². The van der Waals surface area contributed by atoms with Gasteiger partial charge in [-0.1, -0.05) is 24.3 Å². The number of carbonyl (C=O) groups is 1. The van der Waals surface area contributed by atoms with Crippen LogP contribution in [-0.4, -0.2) is 28.3 Å². The molecule has 1 aromatic heterocycles. The van der Waals surface area contributed by atoms with Gasteiger partial charge >= 0.3 is 12.4 Å². The Morgan fingerprint density at radius 1 is 1.06 bits per heavy atom. The van der Waals surface area contributed by atoms with Crippen molar-refractivity contribution >= 4 is 11.7 Å². The first-order chi connectivity index (χ1) is 15.1. The molecule has 0 unspecified atom stereocenters. The van der Waals surface area contributed by atoms with E-state index in [4.69, 9.17) is 0 Å². The minimum atomic E-state index is -4.76. The van der Waals surface area contributed by atoms with E-state index in [-0.39, 0.29) is 17.8 Å². The second-order valence-corrected chi connectivity index (χ2v) is 7.59. The molecule has 0 radical (unpaired) electrons. The molecule has 0 aliphatic heterocycles. The van der Waals surface area contributed by atoms with Gasteiger partial charge in [0.15, 0.2) is 0 Å². The summed E-state index contributed by atoms with van der Waals surface area (Å²) in [4.78, 5) is 19.1. The third-order valence-corrected chi connectivity index (χ3v) is 4.69. The van der Waals surface area contributed by atoms with Crippen LogP contribution in [0.25, 0.3) is 11.3 Å². The van der Waals surface area contributed by atoms with Gasteiger partial charge in [-0.3, -0.25) is 4.98 Å². The monoisotopic (exact) mass is 443 g/mol. The molecule has 2 aromatic carbocycles. The van der Waals surface area contributed by atoms with Crippen molar-refractivity contribution in [2.45, 2.75) is 39.7 Å². The number of aryl methyl sites for hydroxylation is 1. The zero-order chi connectivity index (χ0) is 23.3. The molecular weight excluding hydrogens is 419 g/mol. The first-order valence-corrected chi connectivity index (χ1v) is 10.1. The lowest BCUT2D eigenvalue weighted by Gasteiger charge is -2.27. The van der Waals surface area contributed by atoms with Crippen LogP contribution in [0, 0.1) is 6.92 Å². The topological polar surface area (TPSA) is 54.5 Å². The minimum absolute atomic E-state index is 0.108. The Hall–Kier alpha value is -3.55. The summed E-state index contributed by atoms with van der Waals surface area (Å²) in [6.45, 7) is 6.08. The zero-order valence-electron chi connectivity index (χ0n) is 18.0. The van der Waals surface area contributed by atoms with Crippen LogP contribution in [0.5, 0.6) is 5.75 Å². The molecule has 3 rings (SSSR count). The number of anilines is 1. The molecule has 0 spiro atoms. The predicted molar refractivity (Wildman–Crippen MR) is 117 cm³/mol. The highest BCUT2D eigenvalue weighted by Gasteiger charge is 2.31. The number of ether oxygens (including phenoxy) is 1. The number of aromatic nitrogens is 1. The van der Waals surface area contributed by atoms with Gasteiger partial charge in [0.1, 0.15) is 5.75 Å². The van der Waals surface area contributed by atoms with Gasteiger partial charge in [0.25, 0.3) is 0 Å². The maximum Gasteiger partial charge on any atom is 0.573 e. The second-order valence-electron chi connectivity index (χ2n) is 7.59. The van der Waals surface area contributed by atoms with Gasteiger partial charge in [-0.05, 0) is 68.8 Å². The molecule has 0 saturated carbocycles. The van der Waals surface area contributed by atoms with Crippen molar-refractivity contribution in [2.24, 2.45) is 0 Å². The van der Waals surface area contributed by atoms with E-state index in [9.17, 15) is 18.0 Å². The summed E-state index contributed by atoms with van der Waals surface area (Å²) >= 11 is 0. The summed E-state index contributed by atoms with van der Waals surface area (Å²) in [6.07, 6.45) is -4.76. The Bertz CT molecular complexity index is 1070. The van der Waals surface area contributed by atoms with Gasteiger partial charge in [0, 0.05) is 29.5 Å².